The van der Waals surface area contributed by atoms with Crippen molar-refractivity contribution in [1.82, 2.24) is 0 Å². The number of aliphatic imine (C=N–C) groups is 1. The Bertz CT molecular complexity index is 465. The van der Waals surface area contributed by atoms with E-state index in [9.17, 15) is 0 Å². The smallest absolute Gasteiger partial charge is 0.161 e. The van der Waals surface area contributed by atoms with Gasteiger partial charge < -0.3 is 5.32 Å². The van der Waals surface area contributed by atoms with Crippen molar-refractivity contribution in [3.05, 3.63) is 27.2 Å². The molecule has 0 saturated heterocycles. The molecule has 0 spiro atoms. The number of hydrogen-bond acceptors (Lipinski definition) is 3. The summed E-state index contributed by atoms with van der Waals surface area (Å²) >= 11 is 19.8. The van der Waals surface area contributed by atoms with E-state index >= 15 is 0 Å². The average molecular weight is 324 g/mol. The maximum absolute atomic E-state index is 6.12. The summed E-state index contributed by atoms with van der Waals surface area (Å²) in [5.41, 5.74) is 0.665. The van der Waals surface area contributed by atoms with Crippen LogP contribution >= 0.6 is 46.6 Å². The molecule has 98 valence electrons. The fourth-order valence-electron chi connectivity index (χ4n) is 1.57. The number of rotatable bonds is 2. The second-order valence-corrected chi connectivity index (χ2v) is 6.69. The van der Waals surface area contributed by atoms with Gasteiger partial charge >= 0.3 is 0 Å². The van der Waals surface area contributed by atoms with E-state index in [2.05, 4.69) is 24.2 Å². The second kappa shape index (κ2) is 5.91. The monoisotopic (exact) mass is 322 g/mol. The molecule has 0 fully saturated rings. The summed E-state index contributed by atoms with van der Waals surface area (Å²) in [6.45, 7) is 4.33. The van der Waals surface area contributed by atoms with E-state index in [0.29, 0.717) is 32.7 Å². The molecule has 1 heterocycles. The van der Waals surface area contributed by atoms with Crippen LogP contribution < -0.4 is 5.32 Å². The largest absolute Gasteiger partial charge is 0.333 e. The zero-order valence-corrected chi connectivity index (χ0v) is 13.1. The van der Waals surface area contributed by atoms with Crippen molar-refractivity contribution < 1.29 is 0 Å². The van der Waals surface area contributed by atoms with E-state index in [1.54, 1.807) is 23.9 Å². The van der Waals surface area contributed by atoms with Gasteiger partial charge in [-0.3, -0.25) is 4.99 Å². The first-order chi connectivity index (χ1) is 8.47. The maximum atomic E-state index is 6.12. The van der Waals surface area contributed by atoms with Crippen LogP contribution in [0, 0.1) is 5.92 Å². The van der Waals surface area contributed by atoms with Crippen molar-refractivity contribution in [2.24, 2.45) is 10.9 Å². The summed E-state index contributed by atoms with van der Waals surface area (Å²) in [4.78, 5) is 4.61. The van der Waals surface area contributed by atoms with Gasteiger partial charge in [-0.1, -0.05) is 60.4 Å². The molecule has 18 heavy (non-hydrogen) atoms. The quantitative estimate of drug-likeness (QED) is 0.810. The molecular formula is C12H13Cl3N2S. The van der Waals surface area contributed by atoms with E-state index in [4.69, 9.17) is 34.8 Å². The molecule has 6 heteroatoms. The fourth-order valence-corrected chi connectivity index (χ4v) is 3.65. The Balaban J connectivity index is 2.18. The van der Waals surface area contributed by atoms with Crippen molar-refractivity contribution in [3.8, 4) is 0 Å². The summed E-state index contributed by atoms with van der Waals surface area (Å²) in [6, 6.07) is 3.68. The van der Waals surface area contributed by atoms with Crippen LogP contribution in [0.3, 0.4) is 0 Å². The highest BCUT2D eigenvalue weighted by Crippen LogP contribution is 2.35. The zero-order chi connectivity index (χ0) is 13.3. The predicted molar refractivity (Wildman–Crippen MR) is 83.6 cm³/mol. The van der Waals surface area contributed by atoms with E-state index in [-0.39, 0.29) is 0 Å². The van der Waals surface area contributed by atoms with Gasteiger partial charge in [0.25, 0.3) is 0 Å². The van der Waals surface area contributed by atoms with Crippen molar-refractivity contribution in [1.29, 1.82) is 0 Å². The number of anilines is 1. The van der Waals surface area contributed by atoms with E-state index < -0.39 is 0 Å². The lowest BCUT2D eigenvalue weighted by molar-refractivity contribution is 0.543. The topological polar surface area (TPSA) is 24.4 Å². The number of amidine groups is 1. The third-order valence-electron chi connectivity index (χ3n) is 2.68. The van der Waals surface area contributed by atoms with Crippen LogP contribution in [0.4, 0.5) is 5.69 Å². The number of thioether (sulfide) groups is 1. The van der Waals surface area contributed by atoms with Crippen LogP contribution in [0.5, 0.6) is 0 Å². The number of nitrogens with one attached hydrogen (secondary N) is 1. The molecule has 1 atom stereocenters. The Morgan fingerprint density at radius 1 is 1.28 bits per heavy atom. The molecule has 0 bridgehead atoms. The van der Waals surface area contributed by atoms with Gasteiger partial charge in [-0.25, -0.2) is 0 Å². The minimum Gasteiger partial charge on any atom is -0.333 e. The lowest BCUT2D eigenvalue weighted by Crippen LogP contribution is -2.12. The van der Waals surface area contributed by atoms with Gasteiger partial charge in [0.05, 0.1) is 21.8 Å². The Kier molecular flexibility index (Phi) is 4.70. The summed E-state index contributed by atoms with van der Waals surface area (Å²) in [5.74, 6) is 1.52. The summed E-state index contributed by atoms with van der Waals surface area (Å²) in [7, 11) is 0. The first-order valence-electron chi connectivity index (χ1n) is 5.59. The highest BCUT2D eigenvalue weighted by Gasteiger charge is 2.22. The lowest BCUT2D eigenvalue weighted by atomic mass is 10.1. The SMILES string of the molecule is CC(C)C1CSC(Nc2c(Cl)cc(Cl)cc2Cl)=N1. The standard InChI is InChI=1S/C12H13Cl3N2S/c1-6(2)10-5-18-12(16-10)17-11-8(14)3-7(13)4-9(11)15/h3-4,6,10H,5H2,1-2H3,(H,16,17). The van der Waals surface area contributed by atoms with Gasteiger partial charge in [0.2, 0.25) is 0 Å². The molecule has 0 amide bonds. The van der Waals surface area contributed by atoms with Crippen LogP contribution in [0.2, 0.25) is 15.1 Å². The molecule has 1 unspecified atom stereocenters. The van der Waals surface area contributed by atoms with Crippen molar-refractivity contribution in [2.45, 2.75) is 19.9 Å². The Labute approximate surface area is 126 Å². The highest BCUT2D eigenvalue weighted by molar-refractivity contribution is 8.14. The van der Waals surface area contributed by atoms with Gasteiger partial charge in [-0.2, -0.15) is 0 Å². The third kappa shape index (κ3) is 3.27. The van der Waals surface area contributed by atoms with Crippen LogP contribution in [-0.4, -0.2) is 17.0 Å². The molecule has 0 aliphatic carbocycles. The Morgan fingerprint density at radius 2 is 1.89 bits per heavy atom. The molecular weight excluding hydrogens is 311 g/mol. The van der Waals surface area contributed by atoms with Gasteiger partial charge in [-0.15, -0.1) is 0 Å². The van der Waals surface area contributed by atoms with Crippen LogP contribution in [-0.2, 0) is 0 Å². The van der Waals surface area contributed by atoms with Crippen molar-refractivity contribution >= 4 is 57.4 Å². The number of halogens is 3. The second-order valence-electron chi connectivity index (χ2n) is 4.43. The van der Waals surface area contributed by atoms with E-state index in [1.165, 1.54) is 0 Å². The zero-order valence-electron chi connectivity index (χ0n) is 10.0. The fraction of sp³-hybridized carbons (Fsp3) is 0.417. The molecule has 1 aromatic carbocycles. The Hall–Kier alpha value is -0.0900. The molecule has 0 saturated carbocycles. The minimum atomic E-state index is 0.349. The van der Waals surface area contributed by atoms with Crippen LogP contribution in [0.25, 0.3) is 0 Å². The Morgan fingerprint density at radius 3 is 2.39 bits per heavy atom. The first-order valence-corrected chi connectivity index (χ1v) is 7.71. The molecule has 2 nitrogen and oxygen atoms in total. The van der Waals surface area contributed by atoms with Crippen molar-refractivity contribution in [2.75, 3.05) is 11.1 Å². The normalized spacial score (nSPS) is 19.2. The number of nitrogens with zero attached hydrogens (tertiary/aromatic N) is 1. The van der Waals surface area contributed by atoms with Crippen LogP contribution in [0.1, 0.15) is 13.8 Å². The first kappa shape index (κ1) is 14.3. The average Bonchev–Trinajstić information content (AvgIpc) is 2.71. The molecule has 1 aliphatic rings. The van der Waals surface area contributed by atoms with Gasteiger partial charge in [0.15, 0.2) is 5.17 Å². The van der Waals surface area contributed by atoms with Crippen molar-refractivity contribution in [3.63, 3.8) is 0 Å². The lowest BCUT2D eigenvalue weighted by Gasteiger charge is -2.10. The van der Waals surface area contributed by atoms with E-state index in [1.807, 2.05) is 0 Å². The summed E-state index contributed by atoms with van der Waals surface area (Å²) < 4.78 is 0. The molecule has 0 radical (unpaired) electrons. The maximum Gasteiger partial charge on any atom is 0.161 e. The summed E-state index contributed by atoms with van der Waals surface area (Å²) in [6.07, 6.45) is 0. The van der Waals surface area contributed by atoms with Gasteiger partial charge in [-0.05, 0) is 18.1 Å². The molecule has 0 aromatic heterocycles. The predicted octanol–water partition coefficient (Wildman–Crippen LogP) is 5.19. The molecule has 1 N–H and O–H groups in total. The number of benzene rings is 1. The molecule has 1 aliphatic heterocycles. The number of hydrogen-bond donors (Lipinski definition) is 1. The van der Waals surface area contributed by atoms with E-state index in [0.717, 1.165) is 10.9 Å². The van der Waals surface area contributed by atoms with Crippen LogP contribution in [0.15, 0.2) is 17.1 Å². The highest BCUT2D eigenvalue weighted by atomic mass is 35.5. The summed E-state index contributed by atoms with van der Waals surface area (Å²) in [5, 5.41) is 5.57. The van der Waals surface area contributed by atoms with Gasteiger partial charge in [0.1, 0.15) is 0 Å². The minimum absolute atomic E-state index is 0.349. The molecule has 2 rings (SSSR count). The van der Waals surface area contributed by atoms with Gasteiger partial charge in [0, 0.05) is 10.8 Å². The molecule has 1 aromatic rings. The third-order valence-corrected chi connectivity index (χ3v) is 4.49.